The highest BCUT2D eigenvalue weighted by Gasteiger charge is 2.13. The third-order valence-electron chi connectivity index (χ3n) is 3.24. The van der Waals surface area contributed by atoms with E-state index in [2.05, 4.69) is 0 Å². The van der Waals surface area contributed by atoms with Gasteiger partial charge in [0.2, 0.25) is 0 Å². The smallest absolute Gasteiger partial charge is 0.123 e. The Hall–Kier alpha value is -1.74. The van der Waals surface area contributed by atoms with E-state index in [4.69, 9.17) is 5.73 Å². The van der Waals surface area contributed by atoms with Crippen molar-refractivity contribution in [1.29, 1.82) is 0 Å². The number of hydrogen-bond donors (Lipinski definition) is 1. The van der Waals surface area contributed by atoms with E-state index in [1.54, 1.807) is 24.3 Å². The summed E-state index contributed by atoms with van der Waals surface area (Å²) in [6.07, 6.45) is 1.74. The van der Waals surface area contributed by atoms with Gasteiger partial charge in [-0.1, -0.05) is 38.1 Å². The van der Waals surface area contributed by atoms with Gasteiger partial charge in [-0.25, -0.2) is 8.78 Å². The molecule has 0 unspecified atom stereocenters. The van der Waals surface area contributed by atoms with Gasteiger partial charge in [-0.3, -0.25) is 0 Å². The van der Waals surface area contributed by atoms with Crippen LogP contribution in [0.4, 0.5) is 8.78 Å². The summed E-state index contributed by atoms with van der Waals surface area (Å²) < 4.78 is 26.0. The predicted octanol–water partition coefficient (Wildman–Crippen LogP) is 4.86. The molecule has 0 bridgehead atoms. The van der Waals surface area contributed by atoms with E-state index >= 15 is 0 Å². The Kier molecular flexibility index (Phi) is 7.62. The molecule has 3 heteroatoms. The molecule has 0 saturated heterocycles. The highest BCUT2D eigenvalue weighted by Crippen LogP contribution is 2.29. The Morgan fingerprint density at radius 2 is 1.19 bits per heavy atom. The van der Waals surface area contributed by atoms with E-state index < -0.39 is 0 Å². The lowest BCUT2D eigenvalue weighted by atomic mass is 9.87. The molecular weight excluding hydrogens is 268 g/mol. The fourth-order valence-electron chi connectivity index (χ4n) is 2.24. The molecule has 0 amide bonds. The third-order valence-corrected chi connectivity index (χ3v) is 3.24. The normalized spacial score (nSPS) is 10.2. The van der Waals surface area contributed by atoms with Crippen molar-refractivity contribution in [3.63, 3.8) is 0 Å². The molecule has 2 aromatic carbocycles. The minimum Gasteiger partial charge on any atom is -0.330 e. The first kappa shape index (κ1) is 17.3. The van der Waals surface area contributed by atoms with Crippen molar-refractivity contribution in [2.24, 2.45) is 5.73 Å². The van der Waals surface area contributed by atoms with Crippen molar-refractivity contribution in [3.05, 3.63) is 71.3 Å². The third kappa shape index (κ3) is 5.27. The molecule has 0 aliphatic rings. The lowest BCUT2D eigenvalue weighted by Crippen LogP contribution is -2.06. The van der Waals surface area contributed by atoms with Crippen LogP contribution in [-0.4, -0.2) is 6.54 Å². The van der Waals surface area contributed by atoms with Gasteiger partial charge in [-0.2, -0.15) is 0 Å². The fraction of sp³-hybridized carbons (Fsp3) is 0.333. The first-order valence-corrected chi connectivity index (χ1v) is 7.41. The Balaban J connectivity index is 0.00000106. The first-order chi connectivity index (χ1) is 10.2. The zero-order chi connectivity index (χ0) is 15.7. The molecule has 0 radical (unpaired) electrons. The predicted molar refractivity (Wildman–Crippen MR) is 84.3 cm³/mol. The average Bonchev–Trinajstić information content (AvgIpc) is 2.53. The van der Waals surface area contributed by atoms with E-state index in [9.17, 15) is 8.78 Å². The first-order valence-electron chi connectivity index (χ1n) is 7.41. The number of benzene rings is 2. The standard InChI is InChI=1S/C16H17F2N.C2H6/c17-14-7-3-12(4-8-14)16(2-1-11-19)13-5-9-15(18)10-6-13;1-2/h3-10,16H,1-2,11,19H2;1-2H3. The molecule has 2 rings (SSSR count). The van der Waals surface area contributed by atoms with Gasteiger partial charge in [0.1, 0.15) is 11.6 Å². The molecule has 0 fully saturated rings. The van der Waals surface area contributed by atoms with Gasteiger partial charge in [0.05, 0.1) is 0 Å². The summed E-state index contributed by atoms with van der Waals surface area (Å²) in [5.74, 6) is -0.370. The van der Waals surface area contributed by atoms with Crippen LogP contribution >= 0.6 is 0 Å². The Labute approximate surface area is 125 Å². The van der Waals surface area contributed by atoms with Crippen molar-refractivity contribution in [2.45, 2.75) is 32.6 Å². The number of nitrogens with two attached hydrogens (primary N) is 1. The van der Waals surface area contributed by atoms with Crippen LogP contribution in [0.25, 0.3) is 0 Å². The van der Waals surface area contributed by atoms with Gasteiger partial charge < -0.3 is 5.73 Å². The lowest BCUT2D eigenvalue weighted by molar-refractivity contribution is 0.619. The second-order valence-electron chi connectivity index (χ2n) is 4.59. The van der Waals surface area contributed by atoms with Crippen molar-refractivity contribution in [2.75, 3.05) is 6.54 Å². The van der Waals surface area contributed by atoms with Gasteiger partial charge >= 0.3 is 0 Å². The van der Waals surface area contributed by atoms with Gasteiger partial charge in [0, 0.05) is 5.92 Å². The van der Waals surface area contributed by atoms with Gasteiger partial charge in [-0.05, 0) is 54.8 Å². The minimum absolute atomic E-state index is 0.129. The largest absolute Gasteiger partial charge is 0.330 e. The van der Waals surface area contributed by atoms with E-state index in [-0.39, 0.29) is 17.6 Å². The molecule has 0 aliphatic carbocycles. The molecule has 21 heavy (non-hydrogen) atoms. The van der Waals surface area contributed by atoms with Crippen molar-refractivity contribution in [1.82, 2.24) is 0 Å². The number of hydrogen-bond acceptors (Lipinski definition) is 1. The molecule has 0 aromatic heterocycles. The van der Waals surface area contributed by atoms with Crippen LogP contribution in [0.5, 0.6) is 0 Å². The second-order valence-corrected chi connectivity index (χ2v) is 4.59. The maximum atomic E-state index is 13.0. The van der Waals surface area contributed by atoms with Crippen molar-refractivity contribution in [3.8, 4) is 0 Å². The lowest BCUT2D eigenvalue weighted by Gasteiger charge is -2.17. The molecule has 0 saturated carbocycles. The van der Waals surface area contributed by atoms with E-state index in [0.29, 0.717) is 6.54 Å². The zero-order valence-corrected chi connectivity index (χ0v) is 12.7. The molecule has 0 heterocycles. The summed E-state index contributed by atoms with van der Waals surface area (Å²) in [7, 11) is 0. The molecule has 0 aliphatic heterocycles. The Morgan fingerprint density at radius 1 is 0.810 bits per heavy atom. The summed E-state index contributed by atoms with van der Waals surface area (Å²) in [4.78, 5) is 0. The molecular formula is C18H23F2N. The van der Waals surface area contributed by atoms with Crippen molar-refractivity contribution >= 4 is 0 Å². The van der Waals surface area contributed by atoms with Gasteiger partial charge in [0.15, 0.2) is 0 Å². The SMILES string of the molecule is CC.NCCCC(c1ccc(F)cc1)c1ccc(F)cc1. The summed E-state index contributed by atoms with van der Waals surface area (Å²) >= 11 is 0. The van der Waals surface area contributed by atoms with E-state index in [1.807, 2.05) is 13.8 Å². The molecule has 0 atom stereocenters. The van der Waals surface area contributed by atoms with Gasteiger partial charge in [-0.15, -0.1) is 0 Å². The summed E-state index contributed by atoms with van der Waals surface area (Å²) in [6.45, 7) is 4.61. The highest BCUT2D eigenvalue weighted by molar-refractivity contribution is 5.32. The topological polar surface area (TPSA) is 26.0 Å². The van der Waals surface area contributed by atoms with Crippen LogP contribution in [0.3, 0.4) is 0 Å². The zero-order valence-electron chi connectivity index (χ0n) is 12.7. The van der Waals surface area contributed by atoms with Gasteiger partial charge in [0.25, 0.3) is 0 Å². The molecule has 0 spiro atoms. The number of halogens is 2. The maximum absolute atomic E-state index is 13.0. The molecule has 2 N–H and O–H groups in total. The highest BCUT2D eigenvalue weighted by atomic mass is 19.1. The Bertz CT molecular complexity index is 460. The summed E-state index contributed by atoms with van der Waals surface area (Å²) in [5, 5.41) is 0. The summed E-state index contributed by atoms with van der Waals surface area (Å²) in [6, 6.07) is 12.9. The minimum atomic E-state index is -0.250. The molecule has 2 aromatic rings. The van der Waals surface area contributed by atoms with Crippen molar-refractivity contribution < 1.29 is 8.78 Å². The van der Waals surface area contributed by atoms with Crippen LogP contribution < -0.4 is 5.73 Å². The van der Waals surface area contributed by atoms with Crippen LogP contribution in [0.2, 0.25) is 0 Å². The van der Waals surface area contributed by atoms with Crippen LogP contribution in [0.1, 0.15) is 43.7 Å². The summed E-state index contributed by atoms with van der Waals surface area (Å²) in [5.41, 5.74) is 7.62. The average molecular weight is 291 g/mol. The quantitative estimate of drug-likeness (QED) is 0.836. The second kappa shape index (κ2) is 9.24. The maximum Gasteiger partial charge on any atom is 0.123 e. The molecule has 1 nitrogen and oxygen atoms in total. The molecule has 114 valence electrons. The van der Waals surface area contributed by atoms with Crippen LogP contribution in [0, 0.1) is 11.6 Å². The van der Waals surface area contributed by atoms with E-state index in [1.165, 1.54) is 24.3 Å². The van der Waals surface area contributed by atoms with Crippen LogP contribution in [0.15, 0.2) is 48.5 Å². The Morgan fingerprint density at radius 3 is 1.52 bits per heavy atom. The fourth-order valence-corrected chi connectivity index (χ4v) is 2.24. The van der Waals surface area contributed by atoms with Crippen LogP contribution in [-0.2, 0) is 0 Å². The number of rotatable bonds is 5. The monoisotopic (exact) mass is 291 g/mol. The van der Waals surface area contributed by atoms with E-state index in [0.717, 1.165) is 24.0 Å².